The number of aromatic nitrogens is 2. The molecule has 3 rings (SSSR count). The smallest absolute Gasteiger partial charge is 0.286 e. The number of morpholine rings is 1. The van der Waals surface area contributed by atoms with Crippen LogP contribution in [0.4, 0.5) is 5.69 Å². The van der Waals surface area contributed by atoms with E-state index >= 15 is 0 Å². The van der Waals surface area contributed by atoms with Crippen LogP contribution in [0.3, 0.4) is 0 Å². The van der Waals surface area contributed by atoms with Gasteiger partial charge in [0.05, 0.1) is 19.0 Å². The molecule has 1 saturated heterocycles. The van der Waals surface area contributed by atoms with Crippen molar-refractivity contribution in [1.82, 2.24) is 20.4 Å². The van der Waals surface area contributed by atoms with Crippen LogP contribution < -0.4 is 10.6 Å². The summed E-state index contributed by atoms with van der Waals surface area (Å²) in [6.45, 7) is 6.67. The Hall–Kier alpha value is -2.01. The second kappa shape index (κ2) is 10.5. The number of amides is 2. The maximum atomic E-state index is 12.3. The minimum Gasteiger partial charge on any atom is -0.379 e. The number of nitrogens with one attached hydrogen (secondary N) is 2. The van der Waals surface area contributed by atoms with Crippen molar-refractivity contribution in [3.8, 4) is 0 Å². The van der Waals surface area contributed by atoms with Gasteiger partial charge in [0.25, 0.3) is 5.91 Å². The van der Waals surface area contributed by atoms with E-state index in [0.29, 0.717) is 10.9 Å². The van der Waals surface area contributed by atoms with Crippen LogP contribution in [-0.4, -0.2) is 72.1 Å². The Kier molecular flexibility index (Phi) is 7.78. The Morgan fingerprint density at radius 3 is 2.82 bits per heavy atom. The van der Waals surface area contributed by atoms with Crippen molar-refractivity contribution < 1.29 is 14.3 Å². The molecule has 1 aliphatic heterocycles. The normalized spacial score (nSPS) is 14.6. The summed E-state index contributed by atoms with van der Waals surface area (Å²) in [5.74, 6) is -0.107. The monoisotopic (exact) mass is 421 g/mol. The summed E-state index contributed by atoms with van der Waals surface area (Å²) in [5, 5.41) is 13.9. The maximum Gasteiger partial charge on any atom is 0.286 e. The fourth-order valence-electron chi connectivity index (χ4n) is 2.61. The van der Waals surface area contributed by atoms with Gasteiger partial charge in [-0.1, -0.05) is 41.3 Å². The molecule has 1 aromatic carbocycles. The Balaban J connectivity index is 1.39. The molecule has 0 radical (unpaired) electrons. The highest BCUT2D eigenvalue weighted by Crippen LogP contribution is 2.23. The zero-order valence-corrected chi connectivity index (χ0v) is 17.3. The first-order valence-electron chi connectivity index (χ1n) is 9.02. The fourth-order valence-corrected chi connectivity index (χ4v) is 4.18. The van der Waals surface area contributed by atoms with E-state index in [-0.39, 0.29) is 22.6 Å². The van der Waals surface area contributed by atoms with Crippen LogP contribution in [0.1, 0.15) is 15.4 Å². The average molecular weight is 422 g/mol. The second-order valence-electron chi connectivity index (χ2n) is 6.23. The molecule has 2 N–H and O–H groups in total. The summed E-state index contributed by atoms with van der Waals surface area (Å²) >= 11 is 2.46. The van der Waals surface area contributed by atoms with E-state index in [1.165, 1.54) is 23.1 Å². The largest absolute Gasteiger partial charge is 0.379 e. The maximum absolute atomic E-state index is 12.3. The molecule has 0 atom stereocenters. The summed E-state index contributed by atoms with van der Waals surface area (Å²) in [7, 11) is 0. The molecule has 2 aromatic rings. The topological polar surface area (TPSA) is 96.5 Å². The van der Waals surface area contributed by atoms with Crippen molar-refractivity contribution in [2.24, 2.45) is 0 Å². The van der Waals surface area contributed by atoms with E-state index in [9.17, 15) is 9.59 Å². The molecule has 0 spiro atoms. The Bertz CT molecular complexity index is 808. The van der Waals surface area contributed by atoms with Gasteiger partial charge in [0.15, 0.2) is 4.34 Å². The number of hydrogen-bond acceptors (Lipinski definition) is 8. The standard InChI is InChI=1S/C18H23N5O3S2/c1-13-4-2-3-5-14(13)20-16(25)17-21-22-18(28-17)27-12-15(24)19-6-7-23-8-10-26-11-9-23/h2-5H,6-12H2,1H3,(H,19,24)(H,20,25). The second-order valence-corrected chi connectivity index (χ2v) is 8.43. The first-order chi connectivity index (χ1) is 13.6. The molecule has 2 heterocycles. The predicted molar refractivity (Wildman–Crippen MR) is 110 cm³/mol. The number of thioether (sulfide) groups is 1. The highest BCUT2D eigenvalue weighted by Gasteiger charge is 2.15. The summed E-state index contributed by atoms with van der Waals surface area (Å²) in [6, 6.07) is 7.54. The quantitative estimate of drug-likeness (QED) is 0.626. The minimum atomic E-state index is -0.298. The van der Waals surface area contributed by atoms with Gasteiger partial charge < -0.3 is 15.4 Å². The fraction of sp³-hybridized carbons (Fsp3) is 0.444. The number of nitrogens with zero attached hydrogens (tertiary/aromatic N) is 3. The number of para-hydroxylation sites is 1. The van der Waals surface area contributed by atoms with E-state index in [0.717, 1.165) is 44.1 Å². The van der Waals surface area contributed by atoms with Gasteiger partial charge >= 0.3 is 0 Å². The van der Waals surface area contributed by atoms with Crippen LogP contribution in [-0.2, 0) is 9.53 Å². The third-order valence-electron chi connectivity index (χ3n) is 4.17. The lowest BCUT2D eigenvalue weighted by Gasteiger charge is -2.26. The third-order valence-corrected chi connectivity index (χ3v) is 6.23. The van der Waals surface area contributed by atoms with Crippen molar-refractivity contribution in [2.45, 2.75) is 11.3 Å². The first kappa shape index (κ1) is 20.7. The molecule has 10 heteroatoms. The molecule has 1 fully saturated rings. The molecule has 28 heavy (non-hydrogen) atoms. The van der Waals surface area contributed by atoms with Crippen LogP contribution in [0.5, 0.6) is 0 Å². The van der Waals surface area contributed by atoms with E-state index < -0.39 is 0 Å². The van der Waals surface area contributed by atoms with Crippen LogP contribution >= 0.6 is 23.1 Å². The Labute approximate surface area is 172 Å². The number of carbonyl (C=O) groups is 2. The van der Waals surface area contributed by atoms with Gasteiger partial charge in [-0.15, -0.1) is 10.2 Å². The number of anilines is 1. The number of benzene rings is 1. The van der Waals surface area contributed by atoms with E-state index in [2.05, 4.69) is 25.7 Å². The number of carbonyl (C=O) groups excluding carboxylic acids is 2. The van der Waals surface area contributed by atoms with Crippen molar-refractivity contribution in [1.29, 1.82) is 0 Å². The van der Waals surface area contributed by atoms with Gasteiger partial charge in [-0.2, -0.15) is 0 Å². The predicted octanol–water partition coefficient (Wildman–Crippen LogP) is 1.64. The average Bonchev–Trinajstić information content (AvgIpc) is 3.18. The van der Waals surface area contributed by atoms with Gasteiger partial charge in [-0.05, 0) is 18.6 Å². The summed E-state index contributed by atoms with van der Waals surface area (Å²) in [4.78, 5) is 26.5. The number of rotatable bonds is 8. The van der Waals surface area contributed by atoms with Crippen LogP contribution in [0.25, 0.3) is 0 Å². The lowest BCUT2D eigenvalue weighted by molar-refractivity contribution is -0.118. The van der Waals surface area contributed by atoms with Gasteiger partial charge in [0.2, 0.25) is 10.9 Å². The Morgan fingerprint density at radius 1 is 1.25 bits per heavy atom. The van der Waals surface area contributed by atoms with Gasteiger partial charge in [0.1, 0.15) is 0 Å². The summed E-state index contributed by atoms with van der Waals surface area (Å²) < 4.78 is 5.90. The van der Waals surface area contributed by atoms with Crippen LogP contribution in [0, 0.1) is 6.92 Å². The zero-order chi connectivity index (χ0) is 19.8. The zero-order valence-electron chi connectivity index (χ0n) is 15.6. The van der Waals surface area contributed by atoms with Crippen LogP contribution in [0.2, 0.25) is 0 Å². The molecule has 2 amide bonds. The van der Waals surface area contributed by atoms with Gasteiger partial charge in [-0.3, -0.25) is 14.5 Å². The molecule has 0 aliphatic carbocycles. The highest BCUT2D eigenvalue weighted by atomic mass is 32.2. The third kappa shape index (κ3) is 6.26. The molecule has 0 saturated carbocycles. The SMILES string of the molecule is Cc1ccccc1NC(=O)c1nnc(SCC(=O)NCCN2CCOCC2)s1. The Morgan fingerprint density at radius 2 is 2.04 bits per heavy atom. The molecular formula is C18H23N5O3S2. The van der Waals surface area contributed by atoms with E-state index in [4.69, 9.17) is 4.74 Å². The van der Waals surface area contributed by atoms with Crippen LogP contribution in [0.15, 0.2) is 28.6 Å². The lowest BCUT2D eigenvalue weighted by atomic mass is 10.2. The van der Waals surface area contributed by atoms with Gasteiger partial charge in [-0.25, -0.2) is 0 Å². The number of ether oxygens (including phenoxy) is 1. The van der Waals surface area contributed by atoms with Crippen molar-refractivity contribution >= 4 is 40.6 Å². The van der Waals surface area contributed by atoms with E-state index in [1.54, 1.807) is 0 Å². The molecular weight excluding hydrogens is 398 g/mol. The molecule has 8 nitrogen and oxygen atoms in total. The molecule has 1 aromatic heterocycles. The summed E-state index contributed by atoms with van der Waals surface area (Å²) in [5.41, 5.74) is 1.72. The number of hydrogen-bond donors (Lipinski definition) is 2. The highest BCUT2D eigenvalue weighted by molar-refractivity contribution is 8.01. The van der Waals surface area contributed by atoms with E-state index in [1.807, 2.05) is 31.2 Å². The first-order valence-corrected chi connectivity index (χ1v) is 10.8. The molecule has 1 aliphatic rings. The minimum absolute atomic E-state index is 0.0561. The summed E-state index contributed by atoms with van der Waals surface area (Å²) in [6.07, 6.45) is 0. The lowest BCUT2D eigenvalue weighted by Crippen LogP contribution is -2.41. The van der Waals surface area contributed by atoms with Gasteiger partial charge in [0, 0.05) is 31.9 Å². The molecule has 150 valence electrons. The number of aryl methyl sites for hydroxylation is 1. The molecule has 0 bridgehead atoms. The van der Waals surface area contributed by atoms with Crippen molar-refractivity contribution in [3.63, 3.8) is 0 Å². The molecule has 0 unspecified atom stereocenters. The van der Waals surface area contributed by atoms with Crippen molar-refractivity contribution in [2.75, 3.05) is 50.5 Å². The van der Waals surface area contributed by atoms with Crippen molar-refractivity contribution in [3.05, 3.63) is 34.8 Å².